The van der Waals surface area contributed by atoms with Crippen LogP contribution < -0.4 is 0 Å². The smallest absolute Gasteiger partial charge is 0.0406 e. The zero-order valence-corrected chi connectivity index (χ0v) is 9.61. The highest BCUT2D eigenvalue weighted by Crippen LogP contribution is 2.33. The summed E-state index contributed by atoms with van der Waals surface area (Å²) < 4.78 is 0.271. The molecule has 2 heteroatoms. The average molecular weight is 195 g/mol. The van der Waals surface area contributed by atoms with E-state index in [0.29, 0.717) is 0 Å². The molecule has 0 atom stereocenters. The molecule has 0 radical (unpaired) electrons. The first-order valence-corrected chi connectivity index (χ1v) is 5.46. The first kappa shape index (κ1) is 10.6. The summed E-state index contributed by atoms with van der Waals surface area (Å²) in [5.41, 5.74) is 1.40. The maximum absolute atomic E-state index is 4.16. The van der Waals surface area contributed by atoms with Crippen LogP contribution in [0.3, 0.4) is 0 Å². The molecule has 0 aliphatic heterocycles. The summed E-state index contributed by atoms with van der Waals surface area (Å²) in [4.78, 5) is 5.47. The Labute approximate surface area is 85.0 Å². The van der Waals surface area contributed by atoms with Gasteiger partial charge in [-0.3, -0.25) is 4.98 Å². The zero-order valence-electron chi connectivity index (χ0n) is 8.79. The lowest BCUT2D eigenvalue weighted by Gasteiger charge is -2.18. The van der Waals surface area contributed by atoms with Crippen LogP contribution in [0.25, 0.3) is 0 Å². The fraction of sp³-hybridized carbons (Fsp3) is 0.545. The van der Waals surface area contributed by atoms with Gasteiger partial charge in [-0.1, -0.05) is 27.7 Å². The van der Waals surface area contributed by atoms with Gasteiger partial charge >= 0.3 is 0 Å². The molecule has 0 spiro atoms. The van der Waals surface area contributed by atoms with E-state index >= 15 is 0 Å². The Balaban J connectivity index is 2.87. The molecule has 0 saturated heterocycles. The number of aryl methyl sites for hydroxylation is 1. The summed E-state index contributed by atoms with van der Waals surface area (Å²) in [6.07, 6.45) is 4.92. The van der Waals surface area contributed by atoms with E-state index in [1.807, 2.05) is 24.2 Å². The highest BCUT2D eigenvalue weighted by molar-refractivity contribution is 8.00. The first-order valence-electron chi connectivity index (χ1n) is 4.65. The van der Waals surface area contributed by atoms with Crippen molar-refractivity contribution in [1.29, 1.82) is 0 Å². The third-order valence-corrected chi connectivity index (χ3v) is 2.87. The normalized spacial score (nSPS) is 11.7. The van der Waals surface area contributed by atoms with Crippen LogP contribution in [0.1, 0.15) is 33.3 Å². The molecule has 0 fully saturated rings. The predicted molar refractivity (Wildman–Crippen MR) is 59.2 cm³/mol. The molecular weight excluding hydrogens is 178 g/mol. The molecule has 1 aromatic heterocycles. The van der Waals surface area contributed by atoms with Gasteiger partial charge in [-0.15, -0.1) is 11.8 Å². The lowest BCUT2D eigenvalue weighted by atomic mass is 10.2. The predicted octanol–water partition coefficient (Wildman–Crippen LogP) is 3.53. The molecule has 0 amide bonds. The van der Waals surface area contributed by atoms with Crippen molar-refractivity contribution in [3.8, 4) is 0 Å². The van der Waals surface area contributed by atoms with Gasteiger partial charge in [-0.25, -0.2) is 0 Å². The van der Waals surface area contributed by atoms with Gasteiger partial charge in [0.25, 0.3) is 0 Å². The number of aromatic nitrogens is 1. The van der Waals surface area contributed by atoms with Crippen molar-refractivity contribution in [2.24, 2.45) is 0 Å². The number of rotatable bonds is 2. The topological polar surface area (TPSA) is 12.9 Å². The van der Waals surface area contributed by atoms with E-state index in [4.69, 9.17) is 0 Å². The molecule has 0 saturated carbocycles. The lowest BCUT2D eigenvalue weighted by molar-refractivity contribution is 0.800. The second-order valence-corrected chi connectivity index (χ2v) is 5.92. The first-order chi connectivity index (χ1) is 6.03. The molecular formula is C11H17NS. The van der Waals surface area contributed by atoms with Gasteiger partial charge in [0.05, 0.1) is 0 Å². The van der Waals surface area contributed by atoms with Gasteiger partial charge in [-0.2, -0.15) is 0 Å². The van der Waals surface area contributed by atoms with Crippen LogP contribution >= 0.6 is 11.8 Å². The molecule has 1 rings (SSSR count). The highest BCUT2D eigenvalue weighted by atomic mass is 32.2. The number of hydrogen-bond donors (Lipinski definition) is 0. The largest absolute Gasteiger partial charge is 0.264 e. The summed E-state index contributed by atoms with van der Waals surface area (Å²) >= 11 is 1.89. The molecule has 0 N–H and O–H groups in total. The number of pyridine rings is 1. The molecule has 0 aliphatic carbocycles. The Bertz CT molecular complexity index is 276. The van der Waals surface area contributed by atoms with Crippen LogP contribution in [-0.4, -0.2) is 9.73 Å². The summed E-state index contributed by atoms with van der Waals surface area (Å²) in [6.45, 7) is 8.86. The van der Waals surface area contributed by atoms with E-state index in [0.717, 1.165) is 6.42 Å². The van der Waals surface area contributed by atoms with Crippen molar-refractivity contribution in [2.45, 2.75) is 43.8 Å². The van der Waals surface area contributed by atoms with Crippen molar-refractivity contribution in [1.82, 2.24) is 4.98 Å². The zero-order chi connectivity index (χ0) is 9.90. The molecule has 0 aliphatic rings. The van der Waals surface area contributed by atoms with Gasteiger partial charge in [0.1, 0.15) is 0 Å². The monoisotopic (exact) mass is 195 g/mol. The minimum Gasteiger partial charge on any atom is -0.264 e. The average Bonchev–Trinajstić information content (AvgIpc) is 2.02. The Morgan fingerprint density at radius 1 is 1.38 bits per heavy atom. The number of thioether (sulfide) groups is 1. The number of nitrogens with zero attached hydrogens (tertiary/aromatic N) is 1. The minimum atomic E-state index is 0.271. The Kier molecular flexibility index (Phi) is 3.37. The quantitative estimate of drug-likeness (QED) is 0.669. The molecule has 0 unspecified atom stereocenters. The van der Waals surface area contributed by atoms with Gasteiger partial charge in [-0.05, 0) is 18.1 Å². The van der Waals surface area contributed by atoms with E-state index in [9.17, 15) is 0 Å². The van der Waals surface area contributed by atoms with Crippen molar-refractivity contribution in [3.05, 3.63) is 24.0 Å². The van der Waals surface area contributed by atoms with Crippen LogP contribution in [0, 0.1) is 0 Å². The van der Waals surface area contributed by atoms with E-state index in [1.54, 1.807) is 0 Å². The van der Waals surface area contributed by atoms with E-state index < -0.39 is 0 Å². The Hall–Kier alpha value is -0.500. The maximum atomic E-state index is 4.16. The molecule has 0 bridgehead atoms. The summed E-state index contributed by atoms with van der Waals surface area (Å²) in [6, 6.07) is 2.11. The van der Waals surface area contributed by atoms with Gasteiger partial charge < -0.3 is 0 Å². The standard InChI is InChI=1S/C11H17NS/c1-5-9-6-7-12-8-10(9)13-11(2,3)4/h6-8H,5H2,1-4H3. The van der Waals surface area contributed by atoms with Crippen molar-refractivity contribution in [2.75, 3.05) is 0 Å². The van der Waals surface area contributed by atoms with Gasteiger partial charge in [0, 0.05) is 22.0 Å². The van der Waals surface area contributed by atoms with Crippen LogP contribution in [0.4, 0.5) is 0 Å². The second kappa shape index (κ2) is 4.14. The Morgan fingerprint density at radius 3 is 2.62 bits per heavy atom. The summed E-state index contributed by atoms with van der Waals surface area (Å²) in [7, 11) is 0. The van der Waals surface area contributed by atoms with Crippen LogP contribution in [0.2, 0.25) is 0 Å². The van der Waals surface area contributed by atoms with Gasteiger partial charge in [0.2, 0.25) is 0 Å². The third kappa shape index (κ3) is 3.39. The molecule has 72 valence electrons. The second-order valence-electron chi connectivity index (χ2n) is 4.05. The SMILES string of the molecule is CCc1ccncc1SC(C)(C)C. The molecule has 1 aromatic rings. The van der Waals surface area contributed by atoms with E-state index in [1.165, 1.54) is 10.5 Å². The van der Waals surface area contributed by atoms with Crippen molar-refractivity contribution < 1.29 is 0 Å². The van der Waals surface area contributed by atoms with Crippen LogP contribution in [0.15, 0.2) is 23.4 Å². The maximum Gasteiger partial charge on any atom is 0.0406 e. The highest BCUT2D eigenvalue weighted by Gasteiger charge is 2.13. The fourth-order valence-electron chi connectivity index (χ4n) is 1.12. The fourth-order valence-corrected chi connectivity index (χ4v) is 2.24. The Morgan fingerprint density at radius 2 is 2.08 bits per heavy atom. The number of hydrogen-bond acceptors (Lipinski definition) is 2. The van der Waals surface area contributed by atoms with E-state index in [-0.39, 0.29) is 4.75 Å². The molecule has 1 nitrogen and oxygen atoms in total. The van der Waals surface area contributed by atoms with Crippen molar-refractivity contribution >= 4 is 11.8 Å². The molecule has 0 aromatic carbocycles. The molecule has 1 heterocycles. The van der Waals surface area contributed by atoms with Crippen molar-refractivity contribution in [3.63, 3.8) is 0 Å². The van der Waals surface area contributed by atoms with Crippen LogP contribution in [0.5, 0.6) is 0 Å². The summed E-state index contributed by atoms with van der Waals surface area (Å²) in [5, 5.41) is 0. The molecule has 13 heavy (non-hydrogen) atoms. The third-order valence-electron chi connectivity index (χ3n) is 1.67. The lowest BCUT2D eigenvalue weighted by Crippen LogP contribution is -2.07. The van der Waals surface area contributed by atoms with Crippen LogP contribution in [-0.2, 0) is 6.42 Å². The minimum absolute atomic E-state index is 0.271. The summed E-state index contributed by atoms with van der Waals surface area (Å²) in [5.74, 6) is 0. The van der Waals surface area contributed by atoms with E-state index in [2.05, 4.69) is 38.7 Å². The van der Waals surface area contributed by atoms with Gasteiger partial charge in [0.15, 0.2) is 0 Å².